The normalized spacial score (nSPS) is 10.1. The van der Waals surface area contributed by atoms with Gasteiger partial charge in [0.1, 0.15) is 5.69 Å². The van der Waals surface area contributed by atoms with Gasteiger partial charge < -0.3 is 14.7 Å². The molecule has 1 rings (SSSR count). The molecule has 1 aromatic carbocycles. The van der Waals surface area contributed by atoms with E-state index in [1.807, 2.05) is 0 Å². The zero-order valence-electron chi connectivity index (χ0n) is 11.5. The topological polar surface area (TPSA) is 92.9 Å². The van der Waals surface area contributed by atoms with Crippen molar-refractivity contribution in [2.24, 2.45) is 0 Å². The van der Waals surface area contributed by atoms with Crippen molar-refractivity contribution in [3.8, 4) is 5.75 Å². The number of nitrogens with zero attached hydrogens (tertiary/aromatic N) is 2. The summed E-state index contributed by atoms with van der Waals surface area (Å²) in [6, 6.07) is 4.86. The van der Waals surface area contributed by atoms with Crippen LogP contribution in [-0.4, -0.2) is 36.2 Å². The second-order valence-corrected chi connectivity index (χ2v) is 4.23. The van der Waals surface area contributed by atoms with E-state index in [1.165, 1.54) is 0 Å². The average molecular weight is 282 g/mol. The fraction of sp³-hybridized carbons (Fsp3) is 0.462. The van der Waals surface area contributed by atoms with Crippen molar-refractivity contribution in [1.29, 1.82) is 0 Å². The summed E-state index contributed by atoms with van der Waals surface area (Å²) in [7, 11) is 1.69. The lowest BCUT2D eigenvalue weighted by molar-refractivity contribution is -0.385. The highest BCUT2D eigenvalue weighted by Gasteiger charge is 2.23. The number of carboxylic acids is 1. The Morgan fingerprint density at radius 1 is 1.50 bits per heavy atom. The molecule has 1 aromatic rings. The van der Waals surface area contributed by atoms with E-state index in [0.29, 0.717) is 25.3 Å². The third-order valence-electron chi connectivity index (χ3n) is 2.76. The predicted molar refractivity (Wildman–Crippen MR) is 74.4 cm³/mol. The van der Waals surface area contributed by atoms with Gasteiger partial charge in [-0.05, 0) is 25.5 Å². The molecule has 0 aromatic heterocycles. The van der Waals surface area contributed by atoms with Crippen molar-refractivity contribution in [3.05, 3.63) is 28.3 Å². The molecule has 0 radical (unpaired) electrons. The highest BCUT2D eigenvalue weighted by atomic mass is 16.6. The lowest BCUT2D eigenvalue weighted by atomic mass is 10.2. The average Bonchev–Trinajstić information content (AvgIpc) is 2.38. The first kappa shape index (κ1) is 15.7. The molecule has 0 saturated heterocycles. The number of aliphatic carboxylic acids is 1. The molecule has 1 N–H and O–H groups in total. The molecular formula is C13H18N2O5. The predicted octanol–water partition coefficient (Wildman–Crippen LogP) is 2.29. The van der Waals surface area contributed by atoms with E-state index in [4.69, 9.17) is 9.84 Å². The maximum atomic E-state index is 11.2. The molecule has 0 aliphatic carbocycles. The van der Waals surface area contributed by atoms with Crippen LogP contribution < -0.4 is 9.64 Å². The lowest BCUT2D eigenvalue weighted by Gasteiger charge is -2.19. The molecule has 0 bridgehead atoms. The van der Waals surface area contributed by atoms with Gasteiger partial charge in [0.05, 0.1) is 11.5 Å². The van der Waals surface area contributed by atoms with Crippen LogP contribution in [0.2, 0.25) is 0 Å². The zero-order valence-corrected chi connectivity index (χ0v) is 11.5. The number of para-hydroxylation sites is 1. The van der Waals surface area contributed by atoms with Crippen LogP contribution in [0.5, 0.6) is 5.75 Å². The number of carbonyl (C=O) groups is 1. The van der Waals surface area contributed by atoms with Gasteiger partial charge in [0.15, 0.2) is 5.75 Å². The van der Waals surface area contributed by atoms with Crippen LogP contribution in [0, 0.1) is 10.1 Å². The van der Waals surface area contributed by atoms with Gasteiger partial charge in [-0.25, -0.2) is 0 Å². The highest BCUT2D eigenvalue weighted by Crippen LogP contribution is 2.36. The molecule has 0 heterocycles. The van der Waals surface area contributed by atoms with E-state index in [2.05, 4.69) is 0 Å². The minimum absolute atomic E-state index is 0.0310. The van der Waals surface area contributed by atoms with Crippen LogP contribution in [0.1, 0.15) is 19.8 Å². The zero-order chi connectivity index (χ0) is 15.1. The molecule has 0 unspecified atom stereocenters. The SMILES string of the molecule is CCOc1cccc(N(C)CCCC(=O)O)c1[N+](=O)[O-]. The molecular weight excluding hydrogens is 264 g/mol. The maximum Gasteiger partial charge on any atom is 0.333 e. The van der Waals surface area contributed by atoms with Gasteiger partial charge in [-0.2, -0.15) is 0 Å². The van der Waals surface area contributed by atoms with Crippen LogP contribution in [0.25, 0.3) is 0 Å². The van der Waals surface area contributed by atoms with Crippen LogP contribution in [-0.2, 0) is 4.79 Å². The third-order valence-corrected chi connectivity index (χ3v) is 2.76. The van der Waals surface area contributed by atoms with Gasteiger partial charge in [0.25, 0.3) is 0 Å². The Morgan fingerprint density at radius 3 is 2.75 bits per heavy atom. The van der Waals surface area contributed by atoms with Crippen molar-refractivity contribution in [3.63, 3.8) is 0 Å². The van der Waals surface area contributed by atoms with Gasteiger partial charge in [0.2, 0.25) is 0 Å². The first-order valence-corrected chi connectivity index (χ1v) is 6.30. The quantitative estimate of drug-likeness (QED) is 0.581. The van der Waals surface area contributed by atoms with Crippen molar-refractivity contribution >= 4 is 17.3 Å². The van der Waals surface area contributed by atoms with Crippen molar-refractivity contribution < 1.29 is 19.6 Å². The minimum Gasteiger partial charge on any atom is -0.487 e. The Hall–Kier alpha value is -2.31. The molecule has 0 saturated carbocycles. The number of hydrogen-bond donors (Lipinski definition) is 1. The van der Waals surface area contributed by atoms with Gasteiger partial charge in [-0.15, -0.1) is 0 Å². The fourth-order valence-corrected chi connectivity index (χ4v) is 1.86. The van der Waals surface area contributed by atoms with E-state index in [0.717, 1.165) is 0 Å². The molecule has 0 amide bonds. The van der Waals surface area contributed by atoms with Crippen molar-refractivity contribution in [2.45, 2.75) is 19.8 Å². The fourth-order valence-electron chi connectivity index (χ4n) is 1.86. The van der Waals surface area contributed by atoms with Crippen LogP contribution in [0.4, 0.5) is 11.4 Å². The largest absolute Gasteiger partial charge is 0.487 e. The second-order valence-electron chi connectivity index (χ2n) is 4.23. The molecule has 7 heteroatoms. The van der Waals surface area contributed by atoms with Gasteiger partial charge in [-0.1, -0.05) is 6.07 Å². The van der Waals surface area contributed by atoms with Crippen LogP contribution in [0.15, 0.2) is 18.2 Å². The summed E-state index contributed by atoms with van der Waals surface area (Å²) in [4.78, 5) is 22.9. The second kappa shape index (κ2) is 7.32. The van der Waals surface area contributed by atoms with Gasteiger partial charge in [-0.3, -0.25) is 14.9 Å². The summed E-state index contributed by atoms with van der Waals surface area (Å²) in [5, 5.41) is 19.8. The van der Waals surface area contributed by atoms with Crippen molar-refractivity contribution in [1.82, 2.24) is 0 Å². The number of nitro benzene ring substituents is 1. The first-order valence-electron chi connectivity index (χ1n) is 6.30. The van der Waals surface area contributed by atoms with Gasteiger partial charge in [0, 0.05) is 20.0 Å². The molecule has 0 fully saturated rings. The standard InChI is InChI=1S/C13H18N2O5/c1-3-20-11-7-4-6-10(13(11)15(18)19)14(2)9-5-8-12(16)17/h4,6-7H,3,5,8-9H2,1-2H3,(H,16,17). The molecule has 0 aliphatic rings. The smallest absolute Gasteiger partial charge is 0.333 e. The van der Waals surface area contributed by atoms with E-state index in [9.17, 15) is 14.9 Å². The summed E-state index contributed by atoms with van der Waals surface area (Å²) in [6.07, 6.45) is 0.450. The summed E-state index contributed by atoms with van der Waals surface area (Å²) >= 11 is 0. The number of rotatable bonds is 8. The monoisotopic (exact) mass is 282 g/mol. The Morgan fingerprint density at radius 2 is 2.20 bits per heavy atom. The van der Waals surface area contributed by atoms with E-state index in [-0.39, 0.29) is 17.9 Å². The number of ether oxygens (including phenoxy) is 1. The summed E-state index contributed by atoms with van der Waals surface area (Å²) < 4.78 is 5.27. The molecule has 0 atom stereocenters. The van der Waals surface area contributed by atoms with Crippen molar-refractivity contribution in [2.75, 3.05) is 25.1 Å². The summed E-state index contributed by atoms with van der Waals surface area (Å²) in [6.45, 7) is 2.52. The number of nitro groups is 1. The van der Waals surface area contributed by atoms with E-state index < -0.39 is 10.9 Å². The number of hydrogen-bond acceptors (Lipinski definition) is 5. The Labute approximate surface area is 116 Å². The van der Waals surface area contributed by atoms with Crippen LogP contribution in [0.3, 0.4) is 0 Å². The number of anilines is 1. The number of carboxylic acid groups (broad SMARTS) is 1. The highest BCUT2D eigenvalue weighted by molar-refractivity contribution is 5.70. The molecule has 7 nitrogen and oxygen atoms in total. The van der Waals surface area contributed by atoms with E-state index >= 15 is 0 Å². The van der Waals surface area contributed by atoms with E-state index in [1.54, 1.807) is 37.1 Å². The Balaban J connectivity index is 2.95. The molecule has 0 aliphatic heterocycles. The lowest BCUT2D eigenvalue weighted by Crippen LogP contribution is -2.20. The summed E-state index contributed by atoms with van der Waals surface area (Å²) in [5.41, 5.74) is 0.332. The Bertz CT molecular complexity index is 490. The first-order chi connectivity index (χ1) is 9.47. The third kappa shape index (κ3) is 4.11. The molecule has 0 spiro atoms. The minimum atomic E-state index is -0.879. The molecule has 20 heavy (non-hydrogen) atoms. The van der Waals surface area contributed by atoms with Crippen LogP contribution >= 0.6 is 0 Å². The number of benzene rings is 1. The summed E-state index contributed by atoms with van der Waals surface area (Å²) in [5.74, 6) is -0.656. The van der Waals surface area contributed by atoms with Gasteiger partial charge >= 0.3 is 11.7 Å². The maximum absolute atomic E-state index is 11.2. The molecule has 110 valence electrons. The Kier molecular flexibility index (Phi) is 5.76.